The van der Waals surface area contributed by atoms with Crippen LogP contribution < -0.4 is 14.8 Å². The van der Waals surface area contributed by atoms with Gasteiger partial charge in [-0.05, 0) is 75.7 Å². The molecule has 3 heterocycles. The van der Waals surface area contributed by atoms with Gasteiger partial charge in [-0.3, -0.25) is 14.8 Å². The number of esters is 1. The van der Waals surface area contributed by atoms with Crippen molar-refractivity contribution in [3.8, 4) is 40.0 Å². The molecule has 42 heavy (non-hydrogen) atoms. The van der Waals surface area contributed by atoms with Crippen molar-refractivity contribution in [2.24, 2.45) is 7.05 Å². The van der Waals surface area contributed by atoms with Gasteiger partial charge in [-0.1, -0.05) is 19.8 Å². The average Bonchev–Trinajstić information content (AvgIpc) is 3.36. The molecule has 0 saturated heterocycles. The number of pyridine rings is 2. The van der Waals surface area contributed by atoms with E-state index in [1.807, 2.05) is 6.92 Å². The Balaban J connectivity index is 1.52. The summed E-state index contributed by atoms with van der Waals surface area (Å²) in [6, 6.07) is 13.1. The number of ether oxygens (including phenoxy) is 3. The molecular weight excluding hydrogens is 541 g/mol. The van der Waals surface area contributed by atoms with Crippen LogP contribution in [-0.4, -0.2) is 37.4 Å². The number of rotatable bonds is 10. The van der Waals surface area contributed by atoms with E-state index in [1.165, 1.54) is 12.3 Å². The van der Waals surface area contributed by atoms with Gasteiger partial charge in [0.05, 0.1) is 11.4 Å². The lowest BCUT2D eigenvalue weighted by Gasteiger charge is -2.20. The Kier molecular flexibility index (Phi) is 9.51. The van der Waals surface area contributed by atoms with Crippen molar-refractivity contribution < 1.29 is 28.2 Å². The Labute approximate surface area is 243 Å². The number of amides is 1. The lowest BCUT2D eigenvalue weighted by molar-refractivity contribution is -0.134. The minimum absolute atomic E-state index is 0.0417. The molecule has 0 aliphatic carbocycles. The van der Waals surface area contributed by atoms with Gasteiger partial charge in [0.1, 0.15) is 17.0 Å². The molecule has 0 atom stereocenters. The van der Waals surface area contributed by atoms with Crippen LogP contribution in [0.1, 0.15) is 53.4 Å². The summed E-state index contributed by atoms with van der Waals surface area (Å²) < 4.78 is 32.9. The molecule has 0 aliphatic rings. The third kappa shape index (κ3) is 8.12. The molecule has 220 valence electrons. The van der Waals surface area contributed by atoms with Crippen molar-refractivity contribution in [3.63, 3.8) is 0 Å². The first-order valence-electron chi connectivity index (χ1n) is 13.7. The quantitative estimate of drug-likeness (QED) is 0.155. The number of benzene rings is 1. The Bertz CT molecular complexity index is 1550. The smallest absolute Gasteiger partial charge is 0.412 e. The van der Waals surface area contributed by atoms with Gasteiger partial charge in [0.25, 0.3) is 5.88 Å². The molecule has 4 rings (SSSR count). The number of hydrogen-bond acceptors (Lipinski definition) is 8. The maximum Gasteiger partial charge on any atom is 0.412 e. The lowest BCUT2D eigenvalue weighted by Crippen LogP contribution is -2.27. The van der Waals surface area contributed by atoms with E-state index in [9.17, 15) is 14.0 Å². The van der Waals surface area contributed by atoms with Gasteiger partial charge in [0, 0.05) is 37.0 Å². The number of aromatic nitrogens is 4. The Hall–Kier alpha value is -4.80. The highest BCUT2D eigenvalue weighted by Gasteiger charge is 2.20. The number of nitrogens with one attached hydrogen (secondary N) is 1. The minimum atomic E-state index is -0.710. The van der Waals surface area contributed by atoms with E-state index in [0.717, 1.165) is 18.5 Å². The molecule has 0 unspecified atom stereocenters. The molecule has 1 amide bonds. The fourth-order valence-corrected chi connectivity index (χ4v) is 3.97. The van der Waals surface area contributed by atoms with Gasteiger partial charge in [-0.2, -0.15) is 5.10 Å². The molecule has 1 N–H and O–H groups in total. The standard InChI is InChI=1S/C31H34FN5O5/c1-6-7-8-9-27(38)41-29-25(36-30(39)42-31(2,3)4)15-14-24(35-29)20-10-12-22(13-11-20)40-28-23(32)18-21(19-33-28)26-16-17-34-37(26)5/h10-19H,6-9H2,1-5H3,(H,36,39). The second-order valence-electron chi connectivity index (χ2n) is 10.6. The van der Waals surface area contributed by atoms with Crippen LogP contribution in [-0.2, 0) is 16.6 Å². The van der Waals surface area contributed by atoms with Crippen LogP contribution >= 0.6 is 0 Å². The predicted molar refractivity (Wildman–Crippen MR) is 156 cm³/mol. The summed E-state index contributed by atoms with van der Waals surface area (Å²) >= 11 is 0. The summed E-state index contributed by atoms with van der Waals surface area (Å²) in [6.07, 6.45) is 5.22. The Morgan fingerprint density at radius 3 is 2.40 bits per heavy atom. The topological polar surface area (TPSA) is 117 Å². The van der Waals surface area contributed by atoms with E-state index >= 15 is 0 Å². The summed E-state index contributed by atoms with van der Waals surface area (Å²) in [4.78, 5) is 33.5. The molecule has 0 radical (unpaired) electrons. The first-order valence-corrected chi connectivity index (χ1v) is 13.7. The first-order chi connectivity index (χ1) is 20.0. The van der Waals surface area contributed by atoms with Crippen LogP contribution in [0.5, 0.6) is 17.5 Å². The van der Waals surface area contributed by atoms with E-state index in [-0.39, 0.29) is 23.9 Å². The number of hydrogen-bond donors (Lipinski definition) is 1. The zero-order valence-electron chi connectivity index (χ0n) is 24.3. The fourth-order valence-electron chi connectivity index (χ4n) is 3.97. The summed E-state index contributed by atoms with van der Waals surface area (Å²) in [5.41, 5.74) is 1.95. The normalized spacial score (nSPS) is 11.2. The molecule has 0 saturated carbocycles. The Morgan fingerprint density at radius 2 is 1.76 bits per heavy atom. The molecular formula is C31H34FN5O5. The third-order valence-electron chi connectivity index (χ3n) is 5.98. The van der Waals surface area contributed by atoms with Crippen molar-refractivity contribution in [1.29, 1.82) is 0 Å². The van der Waals surface area contributed by atoms with E-state index in [0.29, 0.717) is 29.0 Å². The molecule has 10 nitrogen and oxygen atoms in total. The highest BCUT2D eigenvalue weighted by molar-refractivity contribution is 5.88. The number of aryl methyl sites for hydroxylation is 1. The average molecular weight is 576 g/mol. The summed E-state index contributed by atoms with van der Waals surface area (Å²) in [6.45, 7) is 7.29. The van der Waals surface area contributed by atoms with Crippen LogP contribution in [0.4, 0.5) is 14.9 Å². The van der Waals surface area contributed by atoms with Crippen molar-refractivity contribution in [1.82, 2.24) is 19.7 Å². The number of carbonyl (C=O) groups excluding carboxylic acids is 2. The first kappa shape index (κ1) is 30.2. The van der Waals surface area contributed by atoms with Gasteiger partial charge in [0.15, 0.2) is 5.82 Å². The Morgan fingerprint density at radius 1 is 1.00 bits per heavy atom. The predicted octanol–water partition coefficient (Wildman–Crippen LogP) is 7.31. The van der Waals surface area contributed by atoms with Crippen molar-refractivity contribution in [2.75, 3.05) is 5.32 Å². The number of unbranched alkanes of at least 4 members (excludes halogenated alkanes) is 2. The highest BCUT2D eigenvalue weighted by atomic mass is 19.1. The summed E-state index contributed by atoms with van der Waals surface area (Å²) in [5.74, 6) is -0.906. The van der Waals surface area contributed by atoms with Crippen molar-refractivity contribution >= 4 is 17.7 Å². The van der Waals surface area contributed by atoms with Crippen molar-refractivity contribution in [2.45, 2.75) is 59.0 Å². The SMILES string of the molecule is CCCCCC(=O)Oc1nc(-c2ccc(Oc3ncc(-c4ccnn4C)cc3F)cc2)ccc1NC(=O)OC(C)(C)C. The zero-order chi connectivity index (χ0) is 30.3. The number of nitrogens with zero attached hydrogens (tertiary/aromatic N) is 4. The van der Waals surface area contributed by atoms with E-state index in [2.05, 4.69) is 20.4 Å². The van der Waals surface area contributed by atoms with Gasteiger partial charge >= 0.3 is 12.1 Å². The van der Waals surface area contributed by atoms with Crippen molar-refractivity contribution in [3.05, 3.63) is 66.7 Å². The third-order valence-corrected chi connectivity index (χ3v) is 5.98. The van der Waals surface area contributed by atoms with Gasteiger partial charge < -0.3 is 14.2 Å². The van der Waals surface area contributed by atoms with E-state index < -0.39 is 23.5 Å². The van der Waals surface area contributed by atoms with E-state index in [1.54, 1.807) is 81.2 Å². The molecule has 0 fully saturated rings. The fraction of sp³-hybridized carbons (Fsp3) is 0.323. The largest absolute Gasteiger partial charge is 0.444 e. The molecule has 0 aliphatic heterocycles. The number of anilines is 1. The molecule has 1 aromatic carbocycles. The second kappa shape index (κ2) is 13.2. The molecule has 3 aromatic heterocycles. The van der Waals surface area contributed by atoms with E-state index in [4.69, 9.17) is 14.2 Å². The van der Waals surface area contributed by atoms with Crippen LogP contribution in [0.3, 0.4) is 0 Å². The molecule has 4 aromatic rings. The summed E-state index contributed by atoms with van der Waals surface area (Å²) in [7, 11) is 1.76. The zero-order valence-corrected chi connectivity index (χ0v) is 24.3. The number of halogens is 1. The lowest BCUT2D eigenvalue weighted by atomic mass is 10.1. The maximum absolute atomic E-state index is 14.8. The molecule has 0 spiro atoms. The molecule has 11 heteroatoms. The molecule has 0 bridgehead atoms. The van der Waals surface area contributed by atoms with Crippen LogP contribution in [0.25, 0.3) is 22.5 Å². The van der Waals surface area contributed by atoms with Crippen LogP contribution in [0.2, 0.25) is 0 Å². The van der Waals surface area contributed by atoms with Crippen LogP contribution in [0.15, 0.2) is 60.9 Å². The van der Waals surface area contributed by atoms with Gasteiger partial charge in [-0.15, -0.1) is 0 Å². The second-order valence-corrected chi connectivity index (χ2v) is 10.6. The monoisotopic (exact) mass is 575 g/mol. The highest BCUT2D eigenvalue weighted by Crippen LogP contribution is 2.31. The summed E-state index contributed by atoms with van der Waals surface area (Å²) in [5, 5.41) is 6.70. The van der Waals surface area contributed by atoms with Crippen LogP contribution in [0, 0.1) is 5.82 Å². The minimum Gasteiger partial charge on any atom is -0.444 e. The van der Waals surface area contributed by atoms with Gasteiger partial charge in [-0.25, -0.2) is 19.2 Å². The van der Waals surface area contributed by atoms with Gasteiger partial charge in [0.2, 0.25) is 5.88 Å². The maximum atomic E-state index is 14.8. The number of carbonyl (C=O) groups is 2.